The normalized spacial score (nSPS) is 16.8. The molecule has 6 nitrogen and oxygen atoms in total. The van der Waals surface area contributed by atoms with Crippen molar-refractivity contribution in [1.29, 1.82) is 0 Å². The van der Waals surface area contributed by atoms with Crippen LogP contribution in [-0.2, 0) is 16.0 Å². The molecule has 0 spiro atoms. The maximum atomic E-state index is 13.4. The summed E-state index contributed by atoms with van der Waals surface area (Å²) in [5, 5.41) is 7.14. The van der Waals surface area contributed by atoms with Gasteiger partial charge in [0.2, 0.25) is 11.8 Å². The second kappa shape index (κ2) is 11.9. The standard InChI is InChI=1S/C26H40N4O2S/c1-6-24(31)27-21(15-25-28-20-13-12-19(17(2)3)14-23(20)33-25)26(32)29-22(16-30(4)5)18-10-8-7-9-11-18/h12-14,17-18,21-22H,6-11,15-16H2,1-5H3,(H,27,31)(H,29,32)/t21?,22-/m1/s1. The number of carbonyl (C=O) groups is 2. The largest absolute Gasteiger partial charge is 0.350 e. The number of nitrogens with zero attached hydrogens (tertiary/aromatic N) is 2. The van der Waals surface area contributed by atoms with Crippen LogP contribution >= 0.6 is 11.3 Å². The fourth-order valence-corrected chi connectivity index (χ4v) is 5.70. The van der Waals surface area contributed by atoms with Crippen molar-refractivity contribution in [3.63, 3.8) is 0 Å². The number of carbonyl (C=O) groups excluding carboxylic acids is 2. The average Bonchev–Trinajstić information content (AvgIpc) is 3.19. The SMILES string of the molecule is CCC(=O)NC(Cc1nc2ccc(C(C)C)cc2s1)C(=O)N[C@H](CN(C)C)C1CCCCC1. The third-order valence-electron chi connectivity index (χ3n) is 6.58. The average molecular weight is 473 g/mol. The van der Waals surface area contributed by atoms with Gasteiger partial charge in [0.25, 0.3) is 0 Å². The third kappa shape index (κ3) is 7.24. The Hall–Kier alpha value is -1.99. The van der Waals surface area contributed by atoms with Gasteiger partial charge in [0, 0.05) is 25.4 Å². The van der Waals surface area contributed by atoms with Crippen molar-refractivity contribution in [3.05, 3.63) is 28.8 Å². The molecule has 1 heterocycles. The zero-order chi connectivity index (χ0) is 24.0. The lowest BCUT2D eigenvalue weighted by atomic mass is 9.83. The maximum Gasteiger partial charge on any atom is 0.243 e. The molecule has 2 N–H and O–H groups in total. The highest BCUT2D eigenvalue weighted by atomic mass is 32.1. The quantitative estimate of drug-likeness (QED) is 0.535. The van der Waals surface area contributed by atoms with Crippen LogP contribution < -0.4 is 10.6 Å². The van der Waals surface area contributed by atoms with Gasteiger partial charge in [-0.05, 0) is 56.5 Å². The van der Waals surface area contributed by atoms with Crippen LogP contribution in [0, 0.1) is 5.92 Å². The van der Waals surface area contributed by atoms with E-state index in [1.165, 1.54) is 24.8 Å². The summed E-state index contributed by atoms with van der Waals surface area (Å²) in [6.07, 6.45) is 6.81. The van der Waals surface area contributed by atoms with E-state index in [0.29, 0.717) is 24.7 Å². The molecule has 1 aromatic carbocycles. The first-order valence-corrected chi connectivity index (χ1v) is 13.2. The summed E-state index contributed by atoms with van der Waals surface area (Å²) >= 11 is 1.62. The van der Waals surface area contributed by atoms with Crippen molar-refractivity contribution in [2.75, 3.05) is 20.6 Å². The summed E-state index contributed by atoms with van der Waals surface area (Å²) in [6.45, 7) is 6.98. The number of likely N-dealkylation sites (N-methyl/N-ethyl adjacent to an activating group) is 1. The highest BCUT2D eigenvalue weighted by Crippen LogP contribution is 2.28. The van der Waals surface area contributed by atoms with Crippen LogP contribution in [0.15, 0.2) is 18.2 Å². The van der Waals surface area contributed by atoms with Crippen LogP contribution in [0.3, 0.4) is 0 Å². The molecule has 7 heteroatoms. The van der Waals surface area contributed by atoms with E-state index in [2.05, 4.69) is 47.6 Å². The summed E-state index contributed by atoms with van der Waals surface area (Å²) in [4.78, 5) is 32.6. The molecule has 1 aliphatic carbocycles. The van der Waals surface area contributed by atoms with E-state index in [-0.39, 0.29) is 17.9 Å². The van der Waals surface area contributed by atoms with E-state index < -0.39 is 6.04 Å². The molecule has 2 amide bonds. The molecule has 0 radical (unpaired) electrons. The van der Waals surface area contributed by atoms with Gasteiger partial charge >= 0.3 is 0 Å². The van der Waals surface area contributed by atoms with E-state index in [1.54, 1.807) is 11.3 Å². The number of aromatic nitrogens is 1. The van der Waals surface area contributed by atoms with Gasteiger partial charge in [-0.25, -0.2) is 4.98 Å². The number of nitrogens with one attached hydrogen (secondary N) is 2. The van der Waals surface area contributed by atoms with Gasteiger partial charge in [-0.3, -0.25) is 9.59 Å². The van der Waals surface area contributed by atoms with Gasteiger partial charge < -0.3 is 15.5 Å². The van der Waals surface area contributed by atoms with E-state index >= 15 is 0 Å². The van der Waals surface area contributed by atoms with Crippen molar-refractivity contribution < 1.29 is 9.59 Å². The fourth-order valence-electron chi connectivity index (χ4n) is 4.64. The number of rotatable bonds is 10. The maximum absolute atomic E-state index is 13.4. The molecule has 0 saturated heterocycles. The Balaban J connectivity index is 1.78. The molecule has 3 rings (SSSR count). The molecule has 0 aliphatic heterocycles. The van der Waals surface area contributed by atoms with Gasteiger partial charge in [-0.1, -0.05) is 46.1 Å². The van der Waals surface area contributed by atoms with Crippen LogP contribution in [0.4, 0.5) is 0 Å². The predicted octanol–water partition coefficient (Wildman–Crippen LogP) is 4.48. The van der Waals surface area contributed by atoms with E-state index in [4.69, 9.17) is 4.98 Å². The van der Waals surface area contributed by atoms with Gasteiger partial charge in [0.15, 0.2) is 0 Å². The van der Waals surface area contributed by atoms with Crippen LogP contribution in [0.1, 0.15) is 75.8 Å². The van der Waals surface area contributed by atoms with Gasteiger partial charge in [0.1, 0.15) is 6.04 Å². The Bertz CT molecular complexity index is 934. The summed E-state index contributed by atoms with van der Waals surface area (Å²) in [7, 11) is 4.09. The summed E-state index contributed by atoms with van der Waals surface area (Å²) in [5.74, 6) is 0.733. The Morgan fingerprint density at radius 1 is 1.15 bits per heavy atom. The number of amides is 2. The smallest absolute Gasteiger partial charge is 0.243 e. The molecule has 33 heavy (non-hydrogen) atoms. The summed E-state index contributed by atoms with van der Waals surface area (Å²) in [6, 6.07) is 5.85. The molecular formula is C26H40N4O2S. The molecule has 1 aromatic heterocycles. The fraction of sp³-hybridized carbons (Fsp3) is 0.654. The molecular weight excluding hydrogens is 432 g/mol. The lowest BCUT2D eigenvalue weighted by Gasteiger charge is -2.33. The van der Waals surface area contributed by atoms with Crippen LogP contribution in [-0.4, -0.2) is 54.4 Å². The van der Waals surface area contributed by atoms with Crippen molar-refractivity contribution in [2.24, 2.45) is 5.92 Å². The van der Waals surface area contributed by atoms with Crippen LogP contribution in [0.5, 0.6) is 0 Å². The molecule has 2 atom stereocenters. The first-order valence-electron chi connectivity index (χ1n) is 12.4. The predicted molar refractivity (Wildman–Crippen MR) is 137 cm³/mol. The summed E-state index contributed by atoms with van der Waals surface area (Å²) in [5.41, 5.74) is 2.23. The zero-order valence-electron chi connectivity index (χ0n) is 20.8. The van der Waals surface area contributed by atoms with Gasteiger partial charge in [-0.15, -0.1) is 11.3 Å². The van der Waals surface area contributed by atoms with Crippen molar-refractivity contribution in [3.8, 4) is 0 Å². The highest BCUT2D eigenvalue weighted by Gasteiger charge is 2.29. The van der Waals surface area contributed by atoms with Gasteiger partial charge in [0.05, 0.1) is 15.2 Å². The number of benzene rings is 1. The second-order valence-corrected chi connectivity index (χ2v) is 11.1. The molecule has 2 aromatic rings. The molecule has 1 saturated carbocycles. The van der Waals surface area contributed by atoms with Crippen LogP contribution in [0.2, 0.25) is 0 Å². The lowest BCUT2D eigenvalue weighted by molar-refractivity contribution is -0.129. The lowest BCUT2D eigenvalue weighted by Crippen LogP contribution is -2.54. The monoisotopic (exact) mass is 472 g/mol. The molecule has 1 unspecified atom stereocenters. The highest BCUT2D eigenvalue weighted by molar-refractivity contribution is 7.18. The third-order valence-corrected chi connectivity index (χ3v) is 7.62. The second-order valence-electron chi connectivity index (χ2n) is 9.94. The first-order chi connectivity index (χ1) is 15.8. The Morgan fingerprint density at radius 2 is 1.88 bits per heavy atom. The molecule has 1 fully saturated rings. The van der Waals surface area contributed by atoms with Crippen molar-refractivity contribution in [1.82, 2.24) is 20.5 Å². The van der Waals surface area contributed by atoms with Crippen molar-refractivity contribution in [2.45, 2.75) is 83.7 Å². The number of hydrogen-bond donors (Lipinski definition) is 2. The van der Waals surface area contributed by atoms with Crippen LogP contribution in [0.25, 0.3) is 10.2 Å². The minimum absolute atomic E-state index is 0.0952. The minimum Gasteiger partial charge on any atom is -0.350 e. The van der Waals surface area contributed by atoms with E-state index in [9.17, 15) is 9.59 Å². The topological polar surface area (TPSA) is 74.3 Å². The van der Waals surface area contributed by atoms with E-state index in [0.717, 1.165) is 34.6 Å². The Kier molecular flexibility index (Phi) is 9.27. The first kappa shape index (κ1) is 25.6. The minimum atomic E-state index is -0.615. The zero-order valence-corrected chi connectivity index (χ0v) is 21.6. The number of thiazole rings is 1. The summed E-state index contributed by atoms with van der Waals surface area (Å²) < 4.78 is 1.13. The van der Waals surface area contributed by atoms with E-state index in [1.807, 2.05) is 21.0 Å². The Morgan fingerprint density at radius 3 is 2.52 bits per heavy atom. The van der Waals surface area contributed by atoms with Crippen molar-refractivity contribution >= 4 is 33.4 Å². The van der Waals surface area contributed by atoms with Gasteiger partial charge in [-0.2, -0.15) is 0 Å². The number of hydrogen-bond acceptors (Lipinski definition) is 5. The molecule has 182 valence electrons. The molecule has 1 aliphatic rings. The Labute approximate surface area is 202 Å². The number of fused-ring (bicyclic) bond motifs is 1. The molecule has 0 bridgehead atoms.